The summed E-state index contributed by atoms with van der Waals surface area (Å²) < 4.78 is 91.6. The zero-order valence-corrected chi connectivity index (χ0v) is 97.7. The highest BCUT2D eigenvalue weighted by molar-refractivity contribution is 9.08. The third-order valence-electron chi connectivity index (χ3n) is 29.7. The molecule has 0 spiro atoms. The molecule has 24 atom stereocenters. The van der Waals surface area contributed by atoms with E-state index in [2.05, 4.69) is 102 Å². The van der Waals surface area contributed by atoms with Crippen molar-refractivity contribution in [1.82, 2.24) is 43.7 Å². The van der Waals surface area contributed by atoms with E-state index in [9.17, 15) is 60.0 Å². The maximum Gasteiger partial charge on any atom is 0.410 e. The Hall–Kier alpha value is -7.71. The number of Topliss-reactive ketones (excluding diaryl/α,β-unsaturated/α-hetero) is 2. The highest BCUT2D eigenvalue weighted by Crippen LogP contribution is 2.46. The average molecular weight is 2200 g/mol. The van der Waals surface area contributed by atoms with Crippen LogP contribution in [0.2, 0.25) is 0 Å². The Balaban J connectivity index is 0.000000258. The number of benzene rings is 3. The molecule has 14 saturated heterocycles. The summed E-state index contributed by atoms with van der Waals surface area (Å²) >= 11 is 3.36. The number of methoxy groups -OCH3 is 7. The van der Waals surface area contributed by atoms with E-state index in [1.54, 1.807) is 12.0 Å². The van der Waals surface area contributed by atoms with Crippen LogP contribution in [-0.4, -0.2) is 284 Å². The summed E-state index contributed by atoms with van der Waals surface area (Å²) in [6.07, 6.45) is 31.5. The van der Waals surface area contributed by atoms with Crippen molar-refractivity contribution >= 4 is 120 Å². The van der Waals surface area contributed by atoms with Crippen LogP contribution in [0.4, 0.5) is 28.8 Å². The lowest BCUT2D eigenvalue weighted by Crippen LogP contribution is -2.52. The van der Waals surface area contributed by atoms with Crippen molar-refractivity contribution in [1.29, 1.82) is 0 Å². The van der Waals surface area contributed by atoms with E-state index in [0.29, 0.717) is 60.5 Å². The number of fused-ring (bicyclic) bond motifs is 14. The van der Waals surface area contributed by atoms with E-state index < -0.39 is 48.7 Å². The number of nitrogens with two attached hydrogens (primary N) is 1. The second-order valence-electron chi connectivity index (χ2n) is 43.4. The first-order chi connectivity index (χ1) is 69.8. The van der Waals surface area contributed by atoms with Crippen LogP contribution in [0.3, 0.4) is 0 Å². The van der Waals surface area contributed by atoms with Gasteiger partial charge in [-0.3, -0.25) is 19.6 Å². The highest BCUT2D eigenvalue weighted by atomic mass is 79.9. The van der Waals surface area contributed by atoms with Gasteiger partial charge >= 0.3 is 36.6 Å². The second kappa shape index (κ2) is 62.5. The summed E-state index contributed by atoms with van der Waals surface area (Å²) in [7, 11) is 7.67. The minimum atomic E-state index is -1.23. The van der Waals surface area contributed by atoms with Gasteiger partial charge in [-0.05, 0) is 290 Å². The molecule has 147 heavy (non-hydrogen) atoms. The van der Waals surface area contributed by atoms with E-state index >= 15 is 0 Å². The van der Waals surface area contributed by atoms with Crippen molar-refractivity contribution < 1.29 is 93.1 Å². The number of nitrogens with one attached hydrogen (secondary N) is 2. The van der Waals surface area contributed by atoms with Gasteiger partial charge in [0.05, 0.1) is 99.2 Å². The van der Waals surface area contributed by atoms with E-state index in [4.69, 9.17) is 33.6 Å². The minimum absolute atomic E-state index is 0.0946. The van der Waals surface area contributed by atoms with Gasteiger partial charge in [-0.2, -0.15) is 4.40 Å². The predicted octanol–water partition coefficient (Wildman–Crippen LogP) is 20.6. The van der Waals surface area contributed by atoms with Gasteiger partial charge in [-0.25, -0.2) is 55.0 Å². The number of alkyl halides is 1. The molecule has 36 heteroatoms. The Morgan fingerprint density at radius 1 is 0.401 bits per heavy atom. The number of halogens is 1. The number of ketones is 2. The lowest BCUT2D eigenvalue weighted by molar-refractivity contribution is -0.123. The van der Waals surface area contributed by atoms with Crippen molar-refractivity contribution in [3.8, 4) is 0 Å². The Morgan fingerprint density at radius 3 is 0.918 bits per heavy atom. The molecule has 14 aliphatic rings. The topological polar surface area (TPSA) is 372 Å². The largest absolute Gasteiger partial charge is 0.504 e. The molecule has 3 aromatic rings. The Kier molecular flexibility index (Phi) is 54.4. The normalized spacial score (nSPS) is 28.0. The van der Waals surface area contributed by atoms with E-state index in [-0.39, 0.29) is 135 Å². The lowest BCUT2D eigenvalue weighted by Gasteiger charge is -2.41. The molecule has 6 unspecified atom stereocenters. The average Bonchev–Trinajstić information content (AvgIpc) is 1.66. The van der Waals surface area contributed by atoms with Crippen LogP contribution < -0.4 is 14.6 Å². The lowest BCUT2D eigenvalue weighted by atomic mass is 9.83. The van der Waals surface area contributed by atoms with Crippen LogP contribution in [0.15, 0.2) is 107 Å². The van der Waals surface area contributed by atoms with Crippen LogP contribution in [0.25, 0.3) is 0 Å². The number of piperidine rings is 7. The predicted molar refractivity (Wildman–Crippen MR) is 592 cm³/mol. The van der Waals surface area contributed by atoms with Crippen molar-refractivity contribution in [2.45, 2.75) is 431 Å². The van der Waals surface area contributed by atoms with Gasteiger partial charge in [0.2, 0.25) is 0 Å². The van der Waals surface area contributed by atoms with Crippen LogP contribution in [0.1, 0.15) is 314 Å². The summed E-state index contributed by atoms with van der Waals surface area (Å²) in [4.78, 5) is 117. The summed E-state index contributed by atoms with van der Waals surface area (Å²) in [6.45, 7) is 37.1. The Labute approximate surface area is 899 Å². The number of carbonyl (C=O) groups excluding carboxylic acids is 9. The molecule has 6 amide bonds. The van der Waals surface area contributed by atoms with Gasteiger partial charge in [-0.15, -0.1) is 0 Å². The number of amides is 6. The van der Waals surface area contributed by atoms with Gasteiger partial charge < -0.3 is 67.4 Å². The molecule has 14 bridgehead atoms. The summed E-state index contributed by atoms with van der Waals surface area (Å²) in [5.41, 5.74) is 5.12. The van der Waals surface area contributed by atoms with Crippen LogP contribution >= 0.6 is 15.9 Å². The van der Waals surface area contributed by atoms with Gasteiger partial charge in [0.1, 0.15) is 39.8 Å². The Morgan fingerprint density at radius 2 is 0.660 bits per heavy atom. The minimum Gasteiger partial charge on any atom is -0.504 e. The van der Waals surface area contributed by atoms with Gasteiger partial charge in [0.25, 0.3) is 0 Å². The molecule has 31 nitrogen and oxygen atoms in total. The fourth-order valence-corrected chi connectivity index (χ4v) is 25.2. The summed E-state index contributed by atoms with van der Waals surface area (Å²) in [6, 6.07) is 35.2. The van der Waals surface area contributed by atoms with E-state index in [0.717, 1.165) is 179 Å². The number of rotatable bonds is 16. The molecule has 17 rings (SSSR count). The molecular formula is C111H181BrN11O20S4+. The number of hydrogen-bond donors (Lipinski definition) is 3. The fraction of sp³-hybridized carbons (Fsp3) is 0.721. The summed E-state index contributed by atoms with van der Waals surface area (Å²) in [5.74, 6) is 2.00. The monoisotopic (exact) mass is 2200 g/mol. The first kappa shape index (κ1) is 128. The zero-order valence-electron chi connectivity index (χ0n) is 92.9. The fourth-order valence-electron chi connectivity index (χ4n) is 22.5. The number of aldehydes is 1. The molecule has 14 heterocycles. The third kappa shape index (κ3) is 38.2. The summed E-state index contributed by atoms with van der Waals surface area (Å²) in [5, 5.41) is 5.99. The smallest absolute Gasteiger partial charge is 0.410 e. The molecule has 4 N–H and O–H groups in total. The number of nitrogens with zero attached hydrogens (tertiary/aromatic N) is 8. The molecule has 14 aliphatic heterocycles. The quantitative estimate of drug-likeness (QED) is 0.0299. The number of ether oxygens (including phenoxy) is 7. The molecule has 14 fully saturated rings. The van der Waals surface area contributed by atoms with Crippen molar-refractivity contribution in [3.63, 3.8) is 0 Å². The van der Waals surface area contributed by atoms with E-state index in [1.807, 2.05) is 197 Å². The molecule has 0 radical (unpaired) electrons. The standard InChI is InChI=1S/C21H32N2O3S.C21H31N2O3S.C14H24N2O3S.C11H17NO3.C10H15NO3.C9H13NO3.C8H13NO.C7H7Br.C4H11NOS.3C2H6/c2*1-21(2,3)27(25)22-19(12-15-8-6-5-7-9-15)16-13-17-10-11-18(14-16)23(17)20(24)26-4;1-14(2,3)20(18)15-9-10-7-11-5-6-12(8-10)16(11)13(17)19-4;1-14-7-8-5-9-3-4-10(6-8)12(9)11(13)15-2;1-14-10(13)11-8-2-3-9(11)5-7(4-8)6-12;1-13-9(12)10-6-2-3-7(10)5-8(11)4-6;1-9-6-2-3-7(9)5-8(10)4-6;8-6-7-4-2-1-3-5-7;1-4(2,3)7(5)6;3*1-2/h5-9,16-19,22H,10-14H2,1-4H3;5-9,16-19,22H,1,10-14H2,2-4H3;9-12H,5-8H2,1-4H3;7,9-10H,3-6H2,1-2H3;6-9H,2-5H2,1H3;6-7H,2-5H2,1H3;6-7H,2-5H2,1H3;1-5H,6H2;5H2,1-3H3;3*1-2H3/q;+1;;;;;;;;;;/t16?,17-,18+,19-,27-;16?,17-,18+,19-,27+;10?,11-,12+,20?;9-,10+;7?,8-,9+;2*6-,7+;;;;;/m01........../s1. The van der Waals surface area contributed by atoms with Crippen LogP contribution in [0.5, 0.6) is 0 Å². The van der Waals surface area contributed by atoms with Gasteiger partial charge in [0.15, 0.2) is 4.75 Å². The molecule has 3 aromatic carbocycles. The van der Waals surface area contributed by atoms with Gasteiger partial charge in [0, 0.05) is 140 Å². The third-order valence-corrected chi connectivity index (χ3v) is 36.1. The number of hydrogen-bond acceptors (Lipinski definition) is 21. The second-order valence-corrected chi connectivity index (χ2v) is 51.6. The highest BCUT2D eigenvalue weighted by Gasteiger charge is 2.52. The van der Waals surface area contributed by atoms with Crippen LogP contribution in [-0.2, 0) is 110 Å². The SMILES string of the molecule is BrCc1ccccc1.CC.CC.CC.CC(C)(C)S(N)=O.CN1[C@@H]2CC[C@H]1CC(=O)C2.COC(=O)N1[C@@H]2CC[C@H]1CC(=O)C2.COC(=O)N1[C@@H]2CC[C@H]1CC(C=NS(=O)C(C)(C)C)C2.COC(=O)N1[C@@H]2CC[C@H]1CC(C=O)C2.COC(=O)N1[C@@H]2CC[C@H]1CC([C@H](Cc1ccccc1)N[S@@](=O)C(C)(C)C)C2.COC=C1C[C@H]2CC[C@@H](C1)N2C(=O)OC.[CH2+]C(C)(C)[S@](=O)N[C@H](Cc1ccccc1)C1C[C@H]2CC[C@@H](C1)N2C(=O)OC. The molecule has 0 saturated carbocycles. The molecule has 0 aromatic heterocycles. The van der Waals surface area contributed by atoms with Crippen molar-refractivity contribution in [2.24, 2.45) is 33.2 Å². The molecular weight excluding hydrogens is 2020 g/mol. The maximum absolute atomic E-state index is 12.8. The molecule has 830 valence electrons. The first-order valence-electron chi connectivity index (χ1n) is 53.4. The number of carbonyl (C=O) groups is 9. The van der Waals surface area contributed by atoms with Crippen LogP contribution in [0, 0.1) is 30.6 Å². The first-order valence-corrected chi connectivity index (χ1v) is 59.1. The zero-order chi connectivity index (χ0) is 110. The van der Waals surface area contributed by atoms with Crippen molar-refractivity contribution in [3.05, 3.63) is 126 Å². The van der Waals surface area contributed by atoms with Gasteiger partial charge in [-0.1, -0.05) is 148 Å². The van der Waals surface area contributed by atoms with Crippen molar-refractivity contribution in [2.75, 3.05) is 56.8 Å². The Bertz CT molecular complexity index is 4500. The van der Waals surface area contributed by atoms with E-state index in [1.165, 1.54) is 77.8 Å². The maximum atomic E-state index is 12.8. The molecule has 0 aliphatic carbocycles.